The molecule has 0 heterocycles. The predicted molar refractivity (Wildman–Crippen MR) is 84.3 cm³/mol. The Kier molecular flexibility index (Phi) is 5.24. The summed E-state index contributed by atoms with van der Waals surface area (Å²) in [5.74, 6) is 0.742. The van der Waals surface area contributed by atoms with Crippen LogP contribution >= 0.6 is 23.2 Å². The summed E-state index contributed by atoms with van der Waals surface area (Å²) in [5.41, 5.74) is 1.17. The number of methoxy groups -OCH3 is 1. The predicted octanol–water partition coefficient (Wildman–Crippen LogP) is 4.18. The van der Waals surface area contributed by atoms with Gasteiger partial charge in [-0.1, -0.05) is 29.3 Å². The molecule has 0 aliphatic heterocycles. The SMILES string of the molecule is COc1ccc(CS(=O)c2cc(Cl)ccc2Cl)cc1C#N. The van der Waals surface area contributed by atoms with Crippen molar-refractivity contribution in [3.8, 4) is 11.8 Å². The van der Waals surface area contributed by atoms with Gasteiger partial charge in [0.25, 0.3) is 0 Å². The summed E-state index contributed by atoms with van der Waals surface area (Å²) in [5, 5.41) is 9.95. The average molecular weight is 340 g/mol. The summed E-state index contributed by atoms with van der Waals surface area (Å²) in [7, 11) is 0.158. The first-order chi connectivity index (χ1) is 10.0. The van der Waals surface area contributed by atoms with Crippen LogP contribution in [0.1, 0.15) is 11.1 Å². The Morgan fingerprint density at radius 3 is 2.67 bits per heavy atom. The third-order valence-electron chi connectivity index (χ3n) is 2.82. The Balaban J connectivity index is 2.28. The monoisotopic (exact) mass is 339 g/mol. The first kappa shape index (κ1) is 15.8. The molecule has 0 radical (unpaired) electrons. The van der Waals surface area contributed by atoms with E-state index >= 15 is 0 Å². The van der Waals surface area contributed by atoms with Gasteiger partial charge in [-0.2, -0.15) is 5.26 Å². The summed E-state index contributed by atoms with van der Waals surface area (Å²) >= 11 is 11.9. The lowest BCUT2D eigenvalue weighted by Crippen LogP contribution is -1.99. The molecule has 6 heteroatoms. The van der Waals surface area contributed by atoms with Crippen molar-refractivity contribution in [2.75, 3.05) is 7.11 Å². The lowest BCUT2D eigenvalue weighted by Gasteiger charge is -2.08. The second-order valence-corrected chi connectivity index (χ2v) is 6.47. The highest BCUT2D eigenvalue weighted by atomic mass is 35.5. The number of hydrogen-bond acceptors (Lipinski definition) is 3. The number of nitriles is 1. The molecule has 0 aromatic heterocycles. The fourth-order valence-electron chi connectivity index (χ4n) is 1.81. The molecular weight excluding hydrogens is 329 g/mol. The third-order valence-corrected chi connectivity index (χ3v) is 4.92. The van der Waals surface area contributed by atoms with Gasteiger partial charge in [0.15, 0.2) is 0 Å². The van der Waals surface area contributed by atoms with E-state index in [9.17, 15) is 4.21 Å². The van der Waals surface area contributed by atoms with Crippen molar-refractivity contribution in [1.82, 2.24) is 0 Å². The molecule has 3 nitrogen and oxygen atoms in total. The molecule has 2 aromatic carbocycles. The third kappa shape index (κ3) is 3.76. The Bertz CT molecular complexity index is 741. The summed E-state index contributed by atoms with van der Waals surface area (Å²) in [6, 6.07) is 12.0. The van der Waals surface area contributed by atoms with Crippen molar-refractivity contribution < 1.29 is 8.95 Å². The smallest absolute Gasteiger partial charge is 0.136 e. The van der Waals surface area contributed by atoms with Crippen LogP contribution in [0.4, 0.5) is 0 Å². The molecule has 21 heavy (non-hydrogen) atoms. The number of nitrogens with zero attached hydrogens (tertiary/aromatic N) is 1. The second kappa shape index (κ2) is 6.95. The Morgan fingerprint density at radius 1 is 1.24 bits per heavy atom. The molecule has 2 aromatic rings. The zero-order valence-corrected chi connectivity index (χ0v) is 13.4. The van der Waals surface area contributed by atoms with Crippen LogP contribution in [-0.4, -0.2) is 11.3 Å². The minimum Gasteiger partial charge on any atom is -0.495 e. The van der Waals surface area contributed by atoms with Crippen LogP contribution in [0, 0.1) is 11.3 Å². The quantitative estimate of drug-likeness (QED) is 0.839. The van der Waals surface area contributed by atoms with Gasteiger partial charge in [-0.25, -0.2) is 0 Å². The van der Waals surface area contributed by atoms with E-state index in [1.54, 1.807) is 36.4 Å². The van der Waals surface area contributed by atoms with Crippen LogP contribution in [0.3, 0.4) is 0 Å². The molecule has 0 bridgehead atoms. The van der Waals surface area contributed by atoms with Gasteiger partial charge in [0.1, 0.15) is 11.8 Å². The van der Waals surface area contributed by atoms with E-state index in [1.165, 1.54) is 7.11 Å². The van der Waals surface area contributed by atoms with Crippen molar-refractivity contribution in [3.05, 3.63) is 57.6 Å². The van der Waals surface area contributed by atoms with Gasteiger partial charge in [-0.05, 0) is 35.9 Å². The van der Waals surface area contributed by atoms with Crippen molar-refractivity contribution in [2.24, 2.45) is 0 Å². The van der Waals surface area contributed by atoms with Crippen molar-refractivity contribution in [3.63, 3.8) is 0 Å². The van der Waals surface area contributed by atoms with Gasteiger partial charge in [0.2, 0.25) is 0 Å². The molecule has 0 aliphatic rings. The fraction of sp³-hybridized carbons (Fsp3) is 0.133. The summed E-state index contributed by atoms with van der Waals surface area (Å²) in [6.45, 7) is 0. The minimum absolute atomic E-state index is 0.249. The summed E-state index contributed by atoms with van der Waals surface area (Å²) in [4.78, 5) is 0.485. The van der Waals surface area contributed by atoms with E-state index in [-0.39, 0.29) is 5.75 Å². The van der Waals surface area contributed by atoms with Gasteiger partial charge in [-0.3, -0.25) is 4.21 Å². The maximum Gasteiger partial charge on any atom is 0.136 e. The number of halogens is 2. The normalized spacial score (nSPS) is 11.7. The molecule has 0 spiro atoms. The van der Waals surface area contributed by atoms with E-state index in [0.717, 1.165) is 5.56 Å². The van der Waals surface area contributed by atoms with E-state index in [1.807, 2.05) is 6.07 Å². The van der Waals surface area contributed by atoms with Gasteiger partial charge in [0, 0.05) is 5.02 Å². The highest BCUT2D eigenvalue weighted by molar-refractivity contribution is 7.84. The van der Waals surface area contributed by atoms with E-state index in [4.69, 9.17) is 33.2 Å². The molecule has 2 rings (SSSR count). The van der Waals surface area contributed by atoms with Crippen molar-refractivity contribution in [2.45, 2.75) is 10.6 Å². The van der Waals surface area contributed by atoms with Crippen LogP contribution < -0.4 is 4.74 Å². The zero-order valence-electron chi connectivity index (χ0n) is 11.1. The lowest BCUT2D eigenvalue weighted by molar-refractivity contribution is 0.413. The number of ether oxygens (including phenoxy) is 1. The fourth-order valence-corrected chi connectivity index (χ4v) is 3.61. The Labute approximate surface area is 135 Å². The maximum absolute atomic E-state index is 12.4. The highest BCUT2D eigenvalue weighted by Crippen LogP contribution is 2.26. The molecule has 1 atom stereocenters. The van der Waals surface area contributed by atoms with Crippen LogP contribution in [0.2, 0.25) is 10.0 Å². The van der Waals surface area contributed by atoms with Gasteiger partial charge in [-0.15, -0.1) is 0 Å². The van der Waals surface area contributed by atoms with Crippen molar-refractivity contribution in [1.29, 1.82) is 5.26 Å². The van der Waals surface area contributed by atoms with Gasteiger partial charge >= 0.3 is 0 Å². The average Bonchev–Trinajstić information content (AvgIpc) is 2.49. The molecule has 0 aliphatic carbocycles. The van der Waals surface area contributed by atoms with E-state index in [0.29, 0.717) is 26.3 Å². The first-order valence-electron chi connectivity index (χ1n) is 5.95. The van der Waals surface area contributed by atoms with Gasteiger partial charge in [0.05, 0.1) is 39.1 Å². The first-order valence-corrected chi connectivity index (χ1v) is 8.03. The maximum atomic E-state index is 12.4. The van der Waals surface area contributed by atoms with Crippen LogP contribution in [-0.2, 0) is 16.6 Å². The Hall–Kier alpha value is -1.54. The lowest BCUT2D eigenvalue weighted by atomic mass is 10.1. The largest absolute Gasteiger partial charge is 0.495 e. The molecule has 0 amide bonds. The number of benzene rings is 2. The molecule has 0 fully saturated rings. The summed E-state index contributed by atoms with van der Waals surface area (Å²) in [6.07, 6.45) is 0. The molecule has 0 N–H and O–H groups in total. The topological polar surface area (TPSA) is 50.1 Å². The number of rotatable bonds is 4. The summed E-state index contributed by atoms with van der Waals surface area (Å²) < 4.78 is 17.5. The second-order valence-electron chi connectivity index (χ2n) is 4.21. The zero-order chi connectivity index (χ0) is 15.4. The molecule has 1 unspecified atom stereocenters. The molecule has 0 saturated carbocycles. The number of hydrogen-bond donors (Lipinski definition) is 0. The Morgan fingerprint density at radius 2 is 2.00 bits per heavy atom. The van der Waals surface area contributed by atoms with Crippen molar-refractivity contribution >= 4 is 34.0 Å². The molecule has 108 valence electrons. The van der Waals surface area contributed by atoms with Crippen LogP contribution in [0.25, 0.3) is 0 Å². The standard InChI is InChI=1S/C15H11Cl2NO2S/c1-20-14-5-2-10(6-11(14)8-18)9-21(19)15-7-12(16)3-4-13(15)17/h2-7H,9H2,1H3. The van der Waals surface area contributed by atoms with Crippen LogP contribution in [0.5, 0.6) is 5.75 Å². The van der Waals surface area contributed by atoms with Crippen LogP contribution in [0.15, 0.2) is 41.3 Å². The van der Waals surface area contributed by atoms with E-state index in [2.05, 4.69) is 0 Å². The molecular formula is C15H11Cl2NO2S. The van der Waals surface area contributed by atoms with Gasteiger partial charge < -0.3 is 4.74 Å². The minimum atomic E-state index is -1.34. The molecule has 0 saturated heterocycles. The highest BCUT2D eigenvalue weighted by Gasteiger charge is 2.12. The van der Waals surface area contributed by atoms with E-state index < -0.39 is 10.8 Å².